The van der Waals surface area contributed by atoms with Gasteiger partial charge in [-0.3, -0.25) is 0 Å². The Labute approximate surface area is 123 Å². The molecule has 0 radical (unpaired) electrons. The number of halogens is 1. The summed E-state index contributed by atoms with van der Waals surface area (Å²) in [6, 6.07) is 4.63. The van der Waals surface area contributed by atoms with Crippen molar-refractivity contribution < 1.29 is 4.79 Å². The number of nitrogens with two attached hydrogens (primary N) is 1. The van der Waals surface area contributed by atoms with Crippen molar-refractivity contribution in [1.82, 2.24) is 5.32 Å². The third-order valence-corrected chi connectivity index (χ3v) is 3.35. The molecular formula is C13H18ClN3OS. The minimum Gasteiger partial charge on any atom is -0.392 e. The maximum atomic E-state index is 11.8. The van der Waals surface area contributed by atoms with Crippen molar-refractivity contribution in [3.05, 3.63) is 28.8 Å². The molecule has 1 aromatic rings. The van der Waals surface area contributed by atoms with Gasteiger partial charge in [-0.2, -0.15) is 0 Å². The molecule has 0 saturated heterocycles. The molecule has 1 atom stereocenters. The van der Waals surface area contributed by atoms with Gasteiger partial charge in [0.1, 0.15) is 0 Å². The molecule has 0 fully saturated rings. The molecule has 4 N–H and O–H groups in total. The first-order valence-corrected chi connectivity index (χ1v) is 6.73. The summed E-state index contributed by atoms with van der Waals surface area (Å²) in [5, 5.41) is 6.04. The van der Waals surface area contributed by atoms with Crippen LogP contribution in [0.3, 0.4) is 0 Å². The van der Waals surface area contributed by atoms with Crippen LogP contribution < -0.4 is 16.4 Å². The molecule has 0 aromatic heterocycles. The van der Waals surface area contributed by atoms with E-state index in [4.69, 9.17) is 29.6 Å². The van der Waals surface area contributed by atoms with E-state index >= 15 is 0 Å². The van der Waals surface area contributed by atoms with E-state index in [-0.39, 0.29) is 23.0 Å². The number of benzene rings is 1. The van der Waals surface area contributed by atoms with E-state index in [2.05, 4.69) is 10.6 Å². The normalized spacial score (nSPS) is 12.1. The second-order valence-corrected chi connectivity index (χ2v) is 5.57. The monoisotopic (exact) mass is 299 g/mol. The first-order chi connectivity index (χ1) is 8.81. The molecular weight excluding hydrogens is 282 g/mol. The molecule has 104 valence electrons. The summed E-state index contributed by atoms with van der Waals surface area (Å²) in [6.45, 7) is 5.77. The smallest absolute Gasteiger partial charge is 0.319 e. The summed E-state index contributed by atoms with van der Waals surface area (Å²) in [7, 11) is 0. The highest BCUT2D eigenvalue weighted by atomic mass is 35.5. The van der Waals surface area contributed by atoms with Gasteiger partial charge >= 0.3 is 6.03 Å². The van der Waals surface area contributed by atoms with Crippen molar-refractivity contribution in [2.75, 3.05) is 5.32 Å². The van der Waals surface area contributed by atoms with Crippen LogP contribution in [0.1, 0.15) is 19.4 Å². The first-order valence-electron chi connectivity index (χ1n) is 5.94. The Hall–Kier alpha value is -1.33. The number of hydrogen-bond donors (Lipinski definition) is 3. The van der Waals surface area contributed by atoms with Gasteiger partial charge in [0, 0.05) is 10.7 Å². The molecule has 4 nitrogen and oxygen atoms in total. The van der Waals surface area contributed by atoms with Gasteiger partial charge in [0.15, 0.2) is 0 Å². The van der Waals surface area contributed by atoms with E-state index in [0.29, 0.717) is 10.7 Å². The Morgan fingerprint density at radius 3 is 2.53 bits per heavy atom. The fraction of sp³-hybridized carbons (Fsp3) is 0.385. The second kappa shape index (κ2) is 6.73. The third-order valence-electron chi connectivity index (χ3n) is 2.69. The molecule has 0 aliphatic rings. The van der Waals surface area contributed by atoms with Crippen LogP contribution in [0.15, 0.2) is 18.2 Å². The van der Waals surface area contributed by atoms with Crippen molar-refractivity contribution in [2.45, 2.75) is 26.8 Å². The molecule has 1 rings (SSSR count). The van der Waals surface area contributed by atoms with Crippen LogP contribution in [0.5, 0.6) is 0 Å². The Balaban J connectivity index is 2.69. The molecule has 19 heavy (non-hydrogen) atoms. The van der Waals surface area contributed by atoms with Crippen LogP contribution in [0.25, 0.3) is 0 Å². The van der Waals surface area contributed by atoms with Crippen LogP contribution in [-0.2, 0) is 0 Å². The van der Waals surface area contributed by atoms with E-state index in [0.717, 1.165) is 5.56 Å². The van der Waals surface area contributed by atoms with Crippen LogP contribution in [0.2, 0.25) is 5.02 Å². The number of thiocarbonyl (C=S) groups is 1. The number of carbonyl (C=O) groups excluding carboxylic acids is 1. The highest BCUT2D eigenvalue weighted by Gasteiger charge is 2.18. The number of hydrogen-bond acceptors (Lipinski definition) is 2. The molecule has 0 aliphatic carbocycles. The molecule has 6 heteroatoms. The lowest BCUT2D eigenvalue weighted by Gasteiger charge is -2.21. The van der Waals surface area contributed by atoms with E-state index in [9.17, 15) is 4.79 Å². The summed E-state index contributed by atoms with van der Waals surface area (Å²) < 4.78 is 0. The zero-order valence-electron chi connectivity index (χ0n) is 11.2. The maximum Gasteiger partial charge on any atom is 0.319 e. The van der Waals surface area contributed by atoms with E-state index in [1.165, 1.54) is 0 Å². The maximum absolute atomic E-state index is 11.8. The van der Waals surface area contributed by atoms with Gasteiger partial charge in [0.25, 0.3) is 0 Å². The zero-order chi connectivity index (χ0) is 14.6. The summed E-state index contributed by atoms with van der Waals surface area (Å²) in [5.74, 6) is 0.129. The number of carbonyl (C=O) groups is 1. The minimum absolute atomic E-state index is 0.129. The average molecular weight is 300 g/mol. The predicted octanol–water partition coefficient (Wildman–Crippen LogP) is 3.08. The van der Waals surface area contributed by atoms with Gasteiger partial charge in [-0.15, -0.1) is 0 Å². The Kier molecular flexibility index (Phi) is 5.57. The Morgan fingerprint density at radius 2 is 2.05 bits per heavy atom. The molecule has 0 aliphatic heterocycles. The van der Waals surface area contributed by atoms with Crippen LogP contribution in [-0.4, -0.2) is 17.1 Å². The highest BCUT2D eigenvalue weighted by Crippen LogP contribution is 2.19. The minimum atomic E-state index is -0.355. The Bertz CT molecular complexity index is 491. The molecule has 0 bridgehead atoms. The fourth-order valence-corrected chi connectivity index (χ4v) is 2.06. The van der Waals surface area contributed by atoms with Gasteiger partial charge in [-0.1, -0.05) is 43.7 Å². The summed E-state index contributed by atoms with van der Waals surface area (Å²) >= 11 is 10.9. The van der Waals surface area contributed by atoms with E-state index in [1.54, 1.807) is 12.1 Å². The lowest BCUT2D eigenvalue weighted by Crippen LogP contribution is -2.48. The molecule has 0 spiro atoms. The predicted molar refractivity (Wildman–Crippen MR) is 83.8 cm³/mol. The number of aryl methyl sites for hydroxylation is 1. The standard InChI is InChI=1S/C13H18ClN3OS/c1-7(2)11(12(15)19)17-13(18)16-9-5-4-8(3)10(14)6-9/h4-7,11H,1-3H3,(H2,15,19)(H2,16,17,18). The Morgan fingerprint density at radius 1 is 1.42 bits per heavy atom. The van der Waals surface area contributed by atoms with Crippen LogP contribution in [0.4, 0.5) is 10.5 Å². The van der Waals surface area contributed by atoms with Crippen molar-refractivity contribution >= 4 is 40.5 Å². The summed E-state index contributed by atoms with van der Waals surface area (Å²) in [5.41, 5.74) is 7.17. The molecule has 2 amide bonds. The molecule has 1 aromatic carbocycles. The van der Waals surface area contributed by atoms with Gasteiger partial charge in [0.05, 0.1) is 11.0 Å². The molecule has 1 unspecified atom stereocenters. The number of rotatable bonds is 4. The molecule has 0 saturated carbocycles. The van der Waals surface area contributed by atoms with Gasteiger partial charge in [-0.05, 0) is 30.5 Å². The number of anilines is 1. The number of nitrogens with one attached hydrogen (secondary N) is 2. The SMILES string of the molecule is Cc1ccc(NC(=O)NC(C(N)=S)C(C)C)cc1Cl. The lowest BCUT2D eigenvalue weighted by molar-refractivity contribution is 0.248. The topological polar surface area (TPSA) is 67.2 Å². The van der Waals surface area contributed by atoms with Crippen molar-refractivity contribution in [3.63, 3.8) is 0 Å². The van der Waals surface area contributed by atoms with Crippen molar-refractivity contribution in [3.8, 4) is 0 Å². The second-order valence-electron chi connectivity index (χ2n) is 4.69. The summed E-state index contributed by atoms with van der Waals surface area (Å²) in [6.07, 6.45) is 0. The van der Waals surface area contributed by atoms with Gasteiger partial charge in [0.2, 0.25) is 0 Å². The molecule has 0 heterocycles. The quantitative estimate of drug-likeness (QED) is 0.749. The number of urea groups is 1. The van der Waals surface area contributed by atoms with E-state index < -0.39 is 0 Å². The van der Waals surface area contributed by atoms with Crippen molar-refractivity contribution in [1.29, 1.82) is 0 Å². The summed E-state index contributed by atoms with van der Waals surface area (Å²) in [4.78, 5) is 12.1. The van der Waals surface area contributed by atoms with E-state index in [1.807, 2.05) is 26.8 Å². The average Bonchev–Trinajstić information content (AvgIpc) is 2.30. The third kappa shape index (κ3) is 4.69. The highest BCUT2D eigenvalue weighted by molar-refractivity contribution is 7.80. The van der Waals surface area contributed by atoms with Gasteiger partial charge in [-0.25, -0.2) is 4.79 Å². The fourth-order valence-electron chi connectivity index (χ4n) is 1.55. The lowest BCUT2D eigenvalue weighted by atomic mass is 10.1. The van der Waals surface area contributed by atoms with Crippen molar-refractivity contribution in [2.24, 2.45) is 11.7 Å². The van der Waals surface area contributed by atoms with Gasteiger partial charge < -0.3 is 16.4 Å². The first kappa shape index (κ1) is 15.7. The van der Waals surface area contributed by atoms with Crippen LogP contribution in [0, 0.1) is 12.8 Å². The van der Waals surface area contributed by atoms with Crippen LogP contribution >= 0.6 is 23.8 Å². The zero-order valence-corrected chi connectivity index (χ0v) is 12.7. The largest absolute Gasteiger partial charge is 0.392 e. The number of amides is 2.